The lowest BCUT2D eigenvalue weighted by atomic mass is 10.4. The first-order valence-electron chi connectivity index (χ1n) is 3.55. The number of thiophene rings is 1. The van der Waals surface area contributed by atoms with Gasteiger partial charge in [-0.05, 0) is 12.1 Å². The second-order valence-corrected chi connectivity index (χ2v) is 4.12. The number of nitrogens with one attached hydrogen (secondary N) is 1. The number of hydrogen-bond acceptors (Lipinski definition) is 3. The second kappa shape index (κ2) is 3.32. The Balaban J connectivity index is 2.40. The number of aromatic nitrogens is 2. The monoisotopic (exact) mass is 212 g/mol. The van der Waals surface area contributed by atoms with Gasteiger partial charge in [0.15, 0.2) is 6.29 Å². The first-order valence-corrected chi connectivity index (χ1v) is 4.75. The fourth-order valence-corrected chi connectivity index (χ4v) is 1.96. The topological polar surface area (TPSA) is 45.8 Å². The van der Waals surface area contributed by atoms with Crippen LogP contribution in [-0.4, -0.2) is 16.3 Å². The minimum Gasteiger partial charge on any atom is -0.335 e. The molecule has 2 heterocycles. The molecule has 0 radical (unpaired) electrons. The molecule has 0 aromatic carbocycles. The number of halogens is 1. The summed E-state index contributed by atoms with van der Waals surface area (Å²) >= 11 is 7.18. The van der Waals surface area contributed by atoms with Gasteiger partial charge in [-0.15, -0.1) is 11.3 Å². The van der Waals surface area contributed by atoms with Crippen molar-refractivity contribution in [2.24, 2.45) is 0 Å². The van der Waals surface area contributed by atoms with Gasteiger partial charge in [-0.1, -0.05) is 11.6 Å². The van der Waals surface area contributed by atoms with Crippen molar-refractivity contribution in [2.45, 2.75) is 0 Å². The number of nitrogens with zero attached hydrogens (tertiary/aromatic N) is 1. The summed E-state index contributed by atoms with van der Waals surface area (Å²) < 4.78 is 0.707. The maximum atomic E-state index is 10.4. The Kier molecular flexibility index (Phi) is 2.16. The quantitative estimate of drug-likeness (QED) is 0.778. The molecule has 2 aromatic heterocycles. The van der Waals surface area contributed by atoms with E-state index < -0.39 is 0 Å². The maximum Gasteiger partial charge on any atom is 0.167 e. The third kappa shape index (κ3) is 1.64. The average Bonchev–Trinajstić information content (AvgIpc) is 2.71. The van der Waals surface area contributed by atoms with E-state index in [0.29, 0.717) is 15.9 Å². The molecule has 0 aliphatic heterocycles. The number of aldehydes is 1. The zero-order valence-electron chi connectivity index (χ0n) is 6.45. The second-order valence-electron chi connectivity index (χ2n) is 2.41. The highest BCUT2D eigenvalue weighted by atomic mass is 35.5. The van der Waals surface area contributed by atoms with Gasteiger partial charge in [0.25, 0.3) is 0 Å². The first-order chi connectivity index (χ1) is 6.29. The first kappa shape index (κ1) is 8.47. The van der Waals surface area contributed by atoms with Crippen LogP contribution in [0, 0.1) is 0 Å². The minimum absolute atomic E-state index is 0.472. The number of carbonyl (C=O) groups excluding carboxylic acids is 1. The van der Waals surface area contributed by atoms with E-state index in [1.165, 1.54) is 17.5 Å². The molecule has 2 rings (SSSR count). The van der Waals surface area contributed by atoms with Crippen molar-refractivity contribution >= 4 is 29.2 Å². The normalized spacial score (nSPS) is 10.2. The van der Waals surface area contributed by atoms with E-state index in [0.717, 1.165) is 11.2 Å². The summed E-state index contributed by atoms with van der Waals surface area (Å²) in [5.74, 6) is 0.680. The molecule has 0 bridgehead atoms. The Labute approximate surface area is 83.4 Å². The minimum atomic E-state index is 0.472. The number of hydrogen-bond donors (Lipinski definition) is 1. The summed E-state index contributed by atoms with van der Waals surface area (Å²) in [4.78, 5) is 18.2. The van der Waals surface area contributed by atoms with Crippen LogP contribution in [0.2, 0.25) is 4.34 Å². The predicted octanol–water partition coefficient (Wildman–Crippen LogP) is 2.60. The maximum absolute atomic E-state index is 10.4. The zero-order chi connectivity index (χ0) is 9.26. The van der Waals surface area contributed by atoms with Gasteiger partial charge < -0.3 is 4.98 Å². The van der Waals surface area contributed by atoms with Crippen molar-refractivity contribution < 1.29 is 4.79 Å². The van der Waals surface area contributed by atoms with Gasteiger partial charge in [0, 0.05) is 0 Å². The fourth-order valence-electron chi connectivity index (χ4n) is 0.962. The highest BCUT2D eigenvalue weighted by Gasteiger charge is 2.05. The largest absolute Gasteiger partial charge is 0.335 e. The zero-order valence-corrected chi connectivity index (χ0v) is 8.02. The summed E-state index contributed by atoms with van der Waals surface area (Å²) in [6.07, 6.45) is 2.22. The van der Waals surface area contributed by atoms with Crippen LogP contribution in [0.4, 0.5) is 0 Å². The third-order valence-electron chi connectivity index (χ3n) is 1.53. The standard InChI is InChI=1S/C8H5ClN2OS/c9-7-2-1-6(13-7)8-10-3-5(4-12)11-8/h1-4H,(H,10,11). The Hall–Kier alpha value is -1.13. The number of rotatable bonds is 2. The Bertz CT molecular complexity index is 435. The van der Waals surface area contributed by atoms with Gasteiger partial charge in [-0.2, -0.15) is 0 Å². The molecule has 0 unspecified atom stereocenters. The molecule has 0 atom stereocenters. The summed E-state index contributed by atoms with van der Waals surface area (Å²) in [6, 6.07) is 3.66. The molecule has 3 nitrogen and oxygen atoms in total. The lowest BCUT2D eigenvalue weighted by Crippen LogP contribution is -1.77. The molecular formula is C8H5ClN2OS. The number of carbonyl (C=O) groups is 1. The highest BCUT2D eigenvalue weighted by molar-refractivity contribution is 7.19. The van der Waals surface area contributed by atoms with E-state index in [1.807, 2.05) is 6.07 Å². The van der Waals surface area contributed by atoms with Crippen LogP contribution in [0.5, 0.6) is 0 Å². The van der Waals surface area contributed by atoms with Gasteiger partial charge in [0.2, 0.25) is 0 Å². The van der Waals surface area contributed by atoms with Crippen molar-refractivity contribution in [1.29, 1.82) is 0 Å². The molecule has 5 heteroatoms. The predicted molar refractivity (Wildman–Crippen MR) is 52.3 cm³/mol. The van der Waals surface area contributed by atoms with Crippen LogP contribution in [0.1, 0.15) is 10.5 Å². The molecule has 0 saturated carbocycles. The van der Waals surface area contributed by atoms with Crippen molar-refractivity contribution in [3.63, 3.8) is 0 Å². The highest BCUT2D eigenvalue weighted by Crippen LogP contribution is 2.28. The van der Waals surface area contributed by atoms with Gasteiger partial charge in [-0.25, -0.2) is 4.98 Å². The van der Waals surface area contributed by atoms with Crippen LogP contribution in [0.15, 0.2) is 18.3 Å². The van der Waals surface area contributed by atoms with E-state index in [4.69, 9.17) is 11.6 Å². The molecule has 13 heavy (non-hydrogen) atoms. The molecule has 0 fully saturated rings. The molecule has 2 aromatic rings. The van der Waals surface area contributed by atoms with Gasteiger partial charge >= 0.3 is 0 Å². The van der Waals surface area contributed by atoms with Crippen molar-refractivity contribution in [3.05, 3.63) is 28.4 Å². The Morgan fingerprint density at radius 3 is 2.92 bits per heavy atom. The Morgan fingerprint density at radius 2 is 2.38 bits per heavy atom. The molecule has 0 amide bonds. The van der Waals surface area contributed by atoms with E-state index in [1.54, 1.807) is 6.07 Å². The molecule has 0 aliphatic carbocycles. The molecule has 0 aliphatic rings. The number of imidazole rings is 1. The van der Waals surface area contributed by atoms with Crippen molar-refractivity contribution in [1.82, 2.24) is 9.97 Å². The lowest BCUT2D eigenvalue weighted by molar-refractivity contribution is 0.111. The van der Waals surface area contributed by atoms with Crippen LogP contribution < -0.4 is 0 Å². The van der Waals surface area contributed by atoms with E-state index in [-0.39, 0.29) is 0 Å². The summed E-state index contributed by atoms with van der Waals surface area (Å²) in [7, 11) is 0. The van der Waals surface area contributed by atoms with Crippen molar-refractivity contribution in [2.75, 3.05) is 0 Å². The van der Waals surface area contributed by atoms with E-state index in [9.17, 15) is 4.79 Å². The molecule has 1 N–H and O–H groups in total. The number of H-pyrrole nitrogens is 1. The van der Waals surface area contributed by atoms with E-state index >= 15 is 0 Å². The van der Waals surface area contributed by atoms with Crippen LogP contribution >= 0.6 is 22.9 Å². The van der Waals surface area contributed by atoms with Gasteiger partial charge in [-0.3, -0.25) is 4.79 Å². The van der Waals surface area contributed by atoms with Crippen LogP contribution in [0.25, 0.3) is 10.7 Å². The average molecular weight is 213 g/mol. The summed E-state index contributed by atoms with van der Waals surface area (Å²) in [6.45, 7) is 0. The van der Waals surface area contributed by atoms with Gasteiger partial charge in [0.1, 0.15) is 5.82 Å². The molecule has 66 valence electrons. The SMILES string of the molecule is O=Cc1cnc(-c2ccc(Cl)s2)[nH]1. The Morgan fingerprint density at radius 1 is 1.54 bits per heavy atom. The summed E-state index contributed by atoms with van der Waals surface area (Å²) in [5.41, 5.74) is 0.472. The smallest absolute Gasteiger partial charge is 0.167 e. The van der Waals surface area contributed by atoms with Crippen LogP contribution in [-0.2, 0) is 0 Å². The fraction of sp³-hybridized carbons (Fsp3) is 0. The molecule has 0 spiro atoms. The van der Waals surface area contributed by atoms with Crippen LogP contribution in [0.3, 0.4) is 0 Å². The number of aromatic amines is 1. The molecule has 0 saturated heterocycles. The van der Waals surface area contributed by atoms with E-state index in [2.05, 4.69) is 9.97 Å². The van der Waals surface area contributed by atoms with Gasteiger partial charge in [0.05, 0.1) is 21.1 Å². The third-order valence-corrected chi connectivity index (χ3v) is 2.77. The van der Waals surface area contributed by atoms with Crippen molar-refractivity contribution in [3.8, 4) is 10.7 Å². The molecular weight excluding hydrogens is 208 g/mol. The summed E-state index contributed by atoms with van der Waals surface area (Å²) in [5, 5.41) is 0. The lowest BCUT2D eigenvalue weighted by Gasteiger charge is -1.86.